The van der Waals surface area contributed by atoms with Crippen molar-refractivity contribution in [1.82, 2.24) is 13.9 Å². The number of fused-ring (bicyclic) bond motifs is 1. The third-order valence-corrected chi connectivity index (χ3v) is 7.11. The molecule has 1 saturated carbocycles. The van der Waals surface area contributed by atoms with Crippen LogP contribution in [0.4, 0.5) is 5.69 Å². The Morgan fingerprint density at radius 3 is 2.36 bits per heavy atom. The lowest BCUT2D eigenvalue weighted by Gasteiger charge is -2.13. The highest BCUT2D eigenvalue weighted by molar-refractivity contribution is 7.89. The number of methoxy groups -OCH3 is 1. The van der Waals surface area contributed by atoms with Crippen LogP contribution in [0.15, 0.2) is 52.2 Å². The fourth-order valence-electron chi connectivity index (χ4n) is 3.79. The number of hydrogen-bond donors (Lipinski definition) is 2. The van der Waals surface area contributed by atoms with Gasteiger partial charge in [-0.15, -0.1) is 0 Å². The highest BCUT2D eigenvalue weighted by Gasteiger charge is 2.28. The van der Waals surface area contributed by atoms with Crippen LogP contribution in [0.3, 0.4) is 0 Å². The average molecular weight is 473 g/mol. The molecule has 1 aliphatic carbocycles. The van der Waals surface area contributed by atoms with E-state index in [0.29, 0.717) is 12.3 Å². The lowest BCUT2D eigenvalue weighted by molar-refractivity contribution is -0.116. The van der Waals surface area contributed by atoms with E-state index in [0.717, 1.165) is 30.3 Å². The Bertz CT molecular complexity index is 1340. The van der Waals surface area contributed by atoms with Gasteiger partial charge in [0.25, 0.3) is 0 Å². The average Bonchev–Trinajstić information content (AvgIpc) is 3.56. The van der Waals surface area contributed by atoms with E-state index >= 15 is 0 Å². The fraction of sp³-hybridized carbons (Fsp3) is 0.391. The molecule has 10 heteroatoms. The van der Waals surface area contributed by atoms with E-state index in [9.17, 15) is 18.0 Å². The first-order valence-electron chi connectivity index (χ1n) is 11.0. The van der Waals surface area contributed by atoms with E-state index in [1.165, 1.54) is 25.3 Å². The molecule has 0 saturated heterocycles. The van der Waals surface area contributed by atoms with Crippen molar-refractivity contribution in [2.75, 3.05) is 12.4 Å². The molecule has 33 heavy (non-hydrogen) atoms. The van der Waals surface area contributed by atoms with Crippen LogP contribution in [0.5, 0.6) is 5.75 Å². The van der Waals surface area contributed by atoms with Gasteiger partial charge in [0.1, 0.15) is 5.75 Å². The molecule has 0 atom stereocenters. The van der Waals surface area contributed by atoms with Crippen molar-refractivity contribution in [2.24, 2.45) is 0 Å². The number of aryl methyl sites for hydroxylation is 2. The van der Waals surface area contributed by atoms with Crippen molar-refractivity contribution in [3.63, 3.8) is 0 Å². The number of hydrogen-bond acceptors (Lipinski definition) is 5. The van der Waals surface area contributed by atoms with Gasteiger partial charge in [0.2, 0.25) is 15.9 Å². The molecular weight excluding hydrogens is 444 g/mol. The van der Waals surface area contributed by atoms with Crippen molar-refractivity contribution in [3.8, 4) is 5.75 Å². The van der Waals surface area contributed by atoms with Crippen LogP contribution in [-0.4, -0.2) is 36.6 Å². The van der Waals surface area contributed by atoms with Gasteiger partial charge in [-0.25, -0.2) is 17.9 Å². The minimum atomic E-state index is -3.67. The van der Waals surface area contributed by atoms with Crippen molar-refractivity contribution >= 4 is 32.7 Å². The van der Waals surface area contributed by atoms with Gasteiger partial charge in [0.15, 0.2) is 0 Å². The first-order chi connectivity index (χ1) is 15.8. The summed E-state index contributed by atoms with van der Waals surface area (Å²) in [6.07, 6.45) is 2.52. The summed E-state index contributed by atoms with van der Waals surface area (Å²) >= 11 is 0. The predicted molar refractivity (Wildman–Crippen MR) is 126 cm³/mol. The molecule has 1 fully saturated rings. The molecule has 0 aliphatic heterocycles. The number of imidazole rings is 1. The highest BCUT2D eigenvalue weighted by Crippen LogP contribution is 2.29. The number of carbonyl (C=O) groups is 1. The van der Waals surface area contributed by atoms with Gasteiger partial charge in [-0.1, -0.05) is 19.1 Å². The number of benzene rings is 2. The van der Waals surface area contributed by atoms with E-state index in [1.54, 1.807) is 9.13 Å². The van der Waals surface area contributed by atoms with E-state index < -0.39 is 10.0 Å². The van der Waals surface area contributed by atoms with Crippen molar-refractivity contribution < 1.29 is 17.9 Å². The Morgan fingerprint density at radius 2 is 1.76 bits per heavy atom. The Hall–Kier alpha value is -3.11. The predicted octanol–water partition coefficient (Wildman–Crippen LogP) is 2.69. The van der Waals surface area contributed by atoms with E-state index in [4.69, 9.17) is 4.74 Å². The number of aromatic nitrogens is 2. The lowest BCUT2D eigenvalue weighted by atomic mass is 10.2. The minimum absolute atomic E-state index is 0.0247. The number of nitrogens with one attached hydrogen (secondary N) is 2. The van der Waals surface area contributed by atoms with Crippen LogP contribution in [0, 0.1) is 0 Å². The van der Waals surface area contributed by atoms with Crippen LogP contribution in [-0.2, 0) is 27.9 Å². The second-order valence-corrected chi connectivity index (χ2v) is 9.84. The van der Waals surface area contributed by atoms with Gasteiger partial charge < -0.3 is 10.1 Å². The summed E-state index contributed by atoms with van der Waals surface area (Å²) in [5, 5.41) is 2.73. The van der Waals surface area contributed by atoms with Gasteiger partial charge in [0.05, 0.1) is 28.7 Å². The SMILES string of the molecule is CCCn1c(=O)n(CCC(=O)Nc2cc(S(=O)(=O)NC3CC3)ccc2OC)c2ccccc21. The van der Waals surface area contributed by atoms with Crippen LogP contribution >= 0.6 is 0 Å². The van der Waals surface area contributed by atoms with E-state index in [1.807, 2.05) is 31.2 Å². The first kappa shape index (κ1) is 23.1. The summed E-state index contributed by atoms with van der Waals surface area (Å²) in [7, 11) is -2.23. The van der Waals surface area contributed by atoms with Crippen molar-refractivity contribution in [1.29, 1.82) is 0 Å². The number of ether oxygens (including phenoxy) is 1. The van der Waals surface area contributed by atoms with Gasteiger partial charge >= 0.3 is 5.69 Å². The maximum atomic E-state index is 12.9. The first-order valence-corrected chi connectivity index (χ1v) is 12.5. The normalized spacial score (nSPS) is 13.9. The molecule has 1 aliphatic rings. The molecule has 4 rings (SSSR count). The molecule has 0 unspecified atom stereocenters. The molecule has 3 aromatic rings. The standard InChI is InChI=1S/C23H28N4O5S/c1-3-13-26-19-6-4-5-7-20(19)27(23(26)29)14-12-22(28)24-18-15-17(10-11-21(18)32-2)33(30,31)25-16-8-9-16/h4-7,10-11,15-16,25H,3,8-9,12-14H2,1-2H3,(H,24,28). The monoisotopic (exact) mass is 472 g/mol. The maximum absolute atomic E-state index is 12.9. The Labute approximate surface area is 192 Å². The van der Waals surface area contributed by atoms with Crippen LogP contribution < -0.4 is 20.5 Å². The summed E-state index contributed by atoms with van der Waals surface area (Å²) in [6.45, 7) is 2.81. The van der Waals surface area contributed by atoms with Gasteiger partial charge in [-0.05, 0) is 49.6 Å². The number of amides is 1. The zero-order valence-corrected chi connectivity index (χ0v) is 19.5. The summed E-state index contributed by atoms with van der Waals surface area (Å²) < 4.78 is 36.3. The smallest absolute Gasteiger partial charge is 0.329 e. The second kappa shape index (κ2) is 9.40. The molecule has 1 heterocycles. The van der Waals surface area contributed by atoms with Gasteiger partial charge in [-0.2, -0.15) is 0 Å². The van der Waals surface area contributed by atoms with Gasteiger partial charge in [0, 0.05) is 25.6 Å². The molecule has 176 valence electrons. The highest BCUT2D eigenvalue weighted by atomic mass is 32.2. The largest absolute Gasteiger partial charge is 0.495 e. The van der Waals surface area contributed by atoms with Crippen molar-refractivity contribution in [2.45, 2.75) is 56.6 Å². The number of para-hydroxylation sites is 2. The zero-order chi connectivity index (χ0) is 23.6. The van der Waals surface area contributed by atoms with Crippen LogP contribution in [0.25, 0.3) is 11.0 Å². The van der Waals surface area contributed by atoms with Gasteiger partial charge in [-0.3, -0.25) is 13.9 Å². The number of rotatable bonds is 10. The topological polar surface area (TPSA) is 111 Å². The fourth-order valence-corrected chi connectivity index (χ4v) is 5.13. The second-order valence-electron chi connectivity index (χ2n) is 8.13. The summed E-state index contributed by atoms with van der Waals surface area (Å²) in [5.41, 5.74) is 1.73. The maximum Gasteiger partial charge on any atom is 0.329 e. The van der Waals surface area contributed by atoms with Crippen LogP contribution in [0.2, 0.25) is 0 Å². The molecular formula is C23H28N4O5S. The minimum Gasteiger partial charge on any atom is -0.495 e. The number of anilines is 1. The lowest BCUT2D eigenvalue weighted by Crippen LogP contribution is -2.26. The Balaban J connectivity index is 1.52. The van der Waals surface area contributed by atoms with E-state index in [-0.39, 0.29) is 41.2 Å². The Kier molecular flexibility index (Phi) is 6.57. The van der Waals surface area contributed by atoms with Crippen molar-refractivity contribution in [3.05, 3.63) is 52.9 Å². The van der Waals surface area contributed by atoms with E-state index in [2.05, 4.69) is 10.0 Å². The Morgan fingerprint density at radius 1 is 1.09 bits per heavy atom. The molecule has 1 amide bonds. The summed E-state index contributed by atoms with van der Waals surface area (Å²) in [4.78, 5) is 25.7. The molecule has 0 bridgehead atoms. The molecule has 0 spiro atoms. The molecule has 2 aromatic carbocycles. The summed E-state index contributed by atoms with van der Waals surface area (Å²) in [6, 6.07) is 11.8. The molecule has 9 nitrogen and oxygen atoms in total. The number of sulfonamides is 1. The molecule has 0 radical (unpaired) electrons. The third kappa shape index (κ3) is 4.96. The molecule has 1 aromatic heterocycles. The molecule has 2 N–H and O–H groups in total. The quantitative estimate of drug-likeness (QED) is 0.471. The number of carbonyl (C=O) groups excluding carboxylic acids is 1. The third-order valence-electron chi connectivity index (χ3n) is 5.59. The zero-order valence-electron chi connectivity index (χ0n) is 18.7. The van der Waals surface area contributed by atoms with Crippen LogP contribution in [0.1, 0.15) is 32.6 Å². The summed E-state index contributed by atoms with van der Waals surface area (Å²) in [5.74, 6) is 0.00246. The number of nitrogens with zero attached hydrogens (tertiary/aromatic N) is 2.